The van der Waals surface area contributed by atoms with Crippen LogP contribution >= 0.6 is 0 Å². The number of hydrogen-bond donors (Lipinski definition) is 0. The van der Waals surface area contributed by atoms with E-state index < -0.39 is 17.6 Å². The molecule has 5 heteroatoms. The molecule has 2 nitrogen and oxygen atoms in total. The van der Waals surface area contributed by atoms with E-state index in [1.54, 1.807) is 0 Å². The summed E-state index contributed by atoms with van der Waals surface area (Å²) >= 11 is 0. The number of ether oxygens (including phenoxy) is 1. The summed E-state index contributed by atoms with van der Waals surface area (Å²) < 4.78 is 42.6. The number of carbonyl (C=O) groups is 1. The molecular formula is C9H13F3O2. The predicted molar refractivity (Wildman–Crippen MR) is 43.6 cm³/mol. The summed E-state index contributed by atoms with van der Waals surface area (Å²) in [6, 6.07) is 0. The van der Waals surface area contributed by atoms with Gasteiger partial charge in [0.05, 0.1) is 6.61 Å². The zero-order valence-corrected chi connectivity index (χ0v) is 7.99. The molecule has 0 atom stereocenters. The van der Waals surface area contributed by atoms with Gasteiger partial charge < -0.3 is 4.74 Å². The van der Waals surface area contributed by atoms with Gasteiger partial charge in [-0.1, -0.05) is 12.8 Å². The van der Waals surface area contributed by atoms with Crippen molar-refractivity contribution < 1.29 is 22.7 Å². The van der Waals surface area contributed by atoms with E-state index in [1.807, 2.05) is 0 Å². The molecule has 82 valence electrons. The van der Waals surface area contributed by atoms with E-state index in [4.69, 9.17) is 0 Å². The number of rotatable bonds is 2. The first-order chi connectivity index (χ1) is 6.44. The highest BCUT2D eigenvalue weighted by Gasteiger charge is 2.62. The lowest BCUT2D eigenvalue weighted by Crippen LogP contribution is -2.43. The van der Waals surface area contributed by atoms with Crippen LogP contribution in [0.5, 0.6) is 0 Å². The molecular weight excluding hydrogens is 197 g/mol. The zero-order chi connectivity index (χ0) is 10.8. The second-order valence-electron chi connectivity index (χ2n) is 3.51. The molecule has 0 aromatic rings. The maximum Gasteiger partial charge on any atom is 0.404 e. The molecule has 0 heterocycles. The van der Waals surface area contributed by atoms with E-state index in [1.165, 1.54) is 6.92 Å². The standard InChI is InChI=1S/C9H13F3O2/c1-2-14-7(13)8(9(10,11)12)5-3-4-6-8/h2-6H2,1H3. The highest BCUT2D eigenvalue weighted by molar-refractivity contribution is 5.78. The topological polar surface area (TPSA) is 26.3 Å². The summed E-state index contributed by atoms with van der Waals surface area (Å²) in [6.07, 6.45) is -3.85. The van der Waals surface area contributed by atoms with Gasteiger partial charge in [-0.15, -0.1) is 0 Å². The van der Waals surface area contributed by atoms with Crippen molar-refractivity contribution in [2.45, 2.75) is 38.8 Å². The molecule has 0 amide bonds. The quantitative estimate of drug-likeness (QED) is 0.655. The summed E-state index contributed by atoms with van der Waals surface area (Å²) in [6.45, 7) is 1.51. The summed E-state index contributed by atoms with van der Waals surface area (Å²) in [5.41, 5.74) is -2.22. The van der Waals surface area contributed by atoms with Gasteiger partial charge in [-0.25, -0.2) is 0 Å². The Morgan fingerprint density at radius 2 is 1.86 bits per heavy atom. The zero-order valence-electron chi connectivity index (χ0n) is 7.99. The molecule has 0 aromatic carbocycles. The fourth-order valence-electron chi connectivity index (χ4n) is 1.85. The van der Waals surface area contributed by atoms with E-state index in [9.17, 15) is 18.0 Å². The lowest BCUT2D eigenvalue weighted by molar-refractivity contribution is -0.232. The van der Waals surface area contributed by atoms with Crippen LogP contribution in [0.4, 0.5) is 13.2 Å². The van der Waals surface area contributed by atoms with Gasteiger partial charge >= 0.3 is 12.1 Å². The Kier molecular flexibility index (Phi) is 3.07. The van der Waals surface area contributed by atoms with Gasteiger partial charge in [0.1, 0.15) is 0 Å². The summed E-state index contributed by atoms with van der Waals surface area (Å²) in [5, 5.41) is 0. The number of carbonyl (C=O) groups excluding carboxylic acids is 1. The van der Waals surface area contributed by atoms with Gasteiger partial charge in [-0.05, 0) is 19.8 Å². The van der Waals surface area contributed by atoms with Crippen LogP contribution in [0, 0.1) is 5.41 Å². The third kappa shape index (κ3) is 1.72. The van der Waals surface area contributed by atoms with Crippen LogP contribution in [0.25, 0.3) is 0 Å². The Balaban J connectivity index is 2.87. The third-order valence-electron chi connectivity index (χ3n) is 2.67. The summed E-state index contributed by atoms with van der Waals surface area (Å²) in [5.74, 6) is -1.11. The Morgan fingerprint density at radius 1 is 1.36 bits per heavy atom. The van der Waals surface area contributed by atoms with Crippen LogP contribution in [-0.2, 0) is 9.53 Å². The van der Waals surface area contributed by atoms with Gasteiger partial charge in [0.25, 0.3) is 0 Å². The average molecular weight is 210 g/mol. The highest BCUT2D eigenvalue weighted by Crippen LogP contribution is 2.51. The van der Waals surface area contributed by atoms with Crippen LogP contribution < -0.4 is 0 Å². The molecule has 0 N–H and O–H groups in total. The molecule has 1 aliphatic carbocycles. The summed E-state index contributed by atoms with van der Waals surface area (Å²) in [7, 11) is 0. The van der Waals surface area contributed by atoms with Crippen molar-refractivity contribution in [3.63, 3.8) is 0 Å². The lowest BCUT2D eigenvalue weighted by Gasteiger charge is -2.28. The molecule has 0 aromatic heterocycles. The first-order valence-corrected chi connectivity index (χ1v) is 4.68. The first kappa shape index (κ1) is 11.3. The van der Waals surface area contributed by atoms with Crippen molar-refractivity contribution in [1.29, 1.82) is 0 Å². The second kappa shape index (κ2) is 3.79. The molecule has 0 bridgehead atoms. The Hall–Kier alpha value is -0.740. The van der Waals surface area contributed by atoms with Crippen molar-refractivity contribution >= 4 is 5.97 Å². The predicted octanol–water partition coefficient (Wildman–Crippen LogP) is 2.67. The first-order valence-electron chi connectivity index (χ1n) is 4.68. The van der Waals surface area contributed by atoms with Gasteiger partial charge in [-0.3, -0.25) is 4.79 Å². The van der Waals surface area contributed by atoms with E-state index >= 15 is 0 Å². The minimum Gasteiger partial charge on any atom is -0.465 e. The molecule has 0 radical (unpaired) electrons. The van der Waals surface area contributed by atoms with Gasteiger partial charge in [0.2, 0.25) is 0 Å². The van der Waals surface area contributed by atoms with Gasteiger partial charge in [0.15, 0.2) is 5.41 Å². The van der Waals surface area contributed by atoms with Crippen LogP contribution in [0.1, 0.15) is 32.6 Å². The van der Waals surface area contributed by atoms with Crippen molar-refractivity contribution in [2.24, 2.45) is 5.41 Å². The van der Waals surface area contributed by atoms with Crippen molar-refractivity contribution in [3.8, 4) is 0 Å². The largest absolute Gasteiger partial charge is 0.465 e. The SMILES string of the molecule is CCOC(=O)C1(C(F)(F)F)CCCC1. The average Bonchev–Trinajstić information content (AvgIpc) is 2.51. The van der Waals surface area contributed by atoms with Gasteiger partial charge in [0, 0.05) is 0 Å². The Morgan fingerprint density at radius 3 is 2.21 bits per heavy atom. The van der Waals surface area contributed by atoms with Crippen molar-refractivity contribution in [2.75, 3.05) is 6.61 Å². The van der Waals surface area contributed by atoms with Crippen LogP contribution in [0.2, 0.25) is 0 Å². The number of alkyl halides is 3. The van der Waals surface area contributed by atoms with Crippen molar-refractivity contribution in [1.82, 2.24) is 0 Å². The minimum absolute atomic E-state index is 0.00331. The number of esters is 1. The minimum atomic E-state index is -4.48. The van der Waals surface area contributed by atoms with Gasteiger partial charge in [-0.2, -0.15) is 13.2 Å². The molecule has 1 rings (SSSR count). The molecule has 1 saturated carbocycles. The van der Waals surface area contributed by atoms with E-state index in [-0.39, 0.29) is 19.4 Å². The number of hydrogen-bond acceptors (Lipinski definition) is 2. The molecule has 1 aliphatic rings. The normalized spacial score (nSPS) is 20.9. The van der Waals surface area contributed by atoms with E-state index in [0.29, 0.717) is 12.8 Å². The van der Waals surface area contributed by atoms with Crippen LogP contribution in [-0.4, -0.2) is 18.8 Å². The van der Waals surface area contributed by atoms with E-state index in [2.05, 4.69) is 4.74 Å². The third-order valence-corrected chi connectivity index (χ3v) is 2.67. The monoisotopic (exact) mass is 210 g/mol. The molecule has 0 aliphatic heterocycles. The Bertz CT molecular complexity index is 217. The molecule has 0 saturated heterocycles. The summed E-state index contributed by atoms with van der Waals surface area (Å²) in [4.78, 5) is 11.3. The van der Waals surface area contributed by atoms with Crippen molar-refractivity contribution in [3.05, 3.63) is 0 Å². The number of halogens is 3. The highest BCUT2D eigenvalue weighted by atomic mass is 19.4. The maximum absolute atomic E-state index is 12.7. The molecule has 14 heavy (non-hydrogen) atoms. The Labute approximate surface area is 80.4 Å². The second-order valence-corrected chi connectivity index (χ2v) is 3.51. The van der Waals surface area contributed by atoms with E-state index in [0.717, 1.165) is 0 Å². The fourth-order valence-corrected chi connectivity index (χ4v) is 1.85. The molecule has 0 unspecified atom stereocenters. The van der Waals surface area contributed by atoms with Crippen LogP contribution in [0.15, 0.2) is 0 Å². The fraction of sp³-hybridized carbons (Fsp3) is 0.889. The van der Waals surface area contributed by atoms with Crippen LogP contribution in [0.3, 0.4) is 0 Å². The molecule has 0 spiro atoms. The smallest absolute Gasteiger partial charge is 0.404 e. The maximum atomic E-state index is 12.7. The lowest BCUT2D eigenvalue weighted by atomic mass is 9.85. The molecule has 1 fully saturated rings.